The zero-order chi connectivity index (χ0) is 15.4. The number of ether oxygens (including phenoxy) is 1. The van der Waals surface area contributed by atoms with Crippen LogP contribution in [0.1, 0.15) is 12.1 Å². The number of rotatable bonds is 5. The Balaban J connectivity index is 1.62. The molecule has 0 spiro atoms. The van der Waals surface area contributed by atoms with Crippen molar-refractivity contribution in [3.8, 4) is 11.4 Å². The lowest BCUT2D eigenvalue weighted by molar-refractivity contribution is -0.134. The second-order valence-corrected chi connectivity index (χ2v) is 5.50. The second kappa shape index (κ2) is 6.65. The monoisotopic (exact) mass is 301 g/mol. The van der Waals surface area contributed by atoms with E-state index in [1.165, 1.54) is 0 Å². The Morgan fingerprint density at radius 1 is 1.50 bits per heavy atom. The molecule has 1 aliphatic rings. The highest BCUT2D eigenvalue weighted by Crippen LogP contribution is 2.21. The summed E-state index contributed by atoms with van der Waals surface area (Å²) in [4.78, 5) is 22.6. The summed E-state index contributed by atoms with van der Waals surface area (Å²) in [5, 5.41) is 6.82. The highest BCUT2D eigenvalue weighted by molar-refractivity contribution is 5.77. The minimum absolute atomic E-state index is 0.0577. The topological polar surface area (TPSA) is 84.0 Å². The van der Waals surface area contributed by atoms with E-state index in [-0.39, 0.29) is 12.5 Å². The summed E-state index contributed by atoms with van der Waals surface area (Å²) in [5.41, 5.74) is 2.59. The molecule has 1 aliphatic heterocycles. The molecule has 116 valence electrons. The molecule has 7 heteroatoms. The molecule has 2 aromatic heterocycles. The standard InChI is InChI=1S/C15H19N5O2/c1-22-10-15(21)20-5-3-11(9-20)6-12-7-16-8-14(18-12)13-2-4-17-19-13/h2,4,7-8,11H,3,5-6,9-10H2,1H3,(H,17,19)/t11-/m1/s1. The summed E-state index contributed by atoms with van der Waals surface area (Å²) in [6.45, 7) is 1.71. The number of likely N-dealkylation sites (tertiary alicyclic amines) is 1. The van der Waals surface area contributed by atoms with Crippen molar-refractivity contribution in [2.75, 3.05) is 26.8 Å². The minimum Gasteiger partial charge on any atom is -0.375 e. The molecule has 3 rings (SSSR count). The van der Waals surface area contributed by atoms with Crippen molar-refractivity contribution in [3.05, 3.63) is 30.4 Å². The lowest BCUT2D eigenvalue weighted by Gasteiger charge is -2.15. The van der Waals surface area contributed by atoms with Gasteiger partial charge >= 0.3 is 0 Å². The highest BCUT2D eigenvalue weighted by Gasteiger charge is 2.26. The average molecular weight is 301 g/mol. The number of aromatic amines is 1. The van der Waals surface area contributed by atoms with Gasteiger partial charge in [-0.05, 0) is 24.8 Å². The SMILES string of the molecule is COCC(=O)N1CC[C@H](Cc2cncc(-c3ccn[nH]3)n2)C1. The van der Waals surface area contributed by atoms with Gasteiger partial charge in [-0.3, -0.25) is 14.9 Å². The van der Waals surface area contributed by atoms with Crippen molar-refractivity contribution in [1.29, 1.82) is 0 Å². The highest BCUT2D eigenvalue weighted by atomic mass is 16.5. The van der Waals surface area contributed by atoms with Gasteiger partial charge in [-0.1, -0.05) is 0 Å². The Morgan fingerprint density at radius 3 is 3.18 bits per heavy atom. The molecule has 0 saturated carbocycles. The molecule has 0 aromatic carbocycles. The molecule has 2 aromatic rings. The Kier molecular flexibility index (Phi) is 4.43. The van der Waals surface area contributed by atoms with Crippen LogP contribution in [0.15, 0.2) is 24.7 Å². The van der Waals surface area contributed by atoms with Crippen molar-refractivity contribution in [1.82, 2.24) is 25.1 Å². The van der Waals surface area contributed by atoms with Gasteiger partial charge in [-0.25, -0.2) is 4.98 Å². The van der Waals surface area contributed by atoms with Crippen LogP contribution in [0.3, 0.4) is 0 Å². The van der Waals surface area contributed by atoms with Crippen LogP contribution in [0.4, 0.5) is 0 Å². The molecular formula is C15H19N5O2. The molecule has 0 bridgehead atoms. The lowest BCUT2D eigenvalue weighted by atomic mass is 10.0. The third kappa shape index (κ3) is 3.30. The molecular weight excluding hydrogens is 282 g/mol. The number of hydrogen-bond donors (Lipinski definition) is 1. The van der Waals surface area contributed by atoms with Gasteiger partial charge in [-0.2, -0.15) is 5.10 Å². The van der Waals surface area contributed by atoms with Gasteiger partial charge in [0.25, 0.3) is 0 Å². The Bertz CT molecular complexity index is 629. The van der Waals surface area contributed by atoms with Crippen LogP contribution in [0.5, 0.6) is 0 Å². The van der Waals surface area contributed by atoms with E-state index in [1.807, 2.05) is 11.0 Å². The zero-order valence-electron chi connectivity index (χ0n) is 12.5. The van der Waals surface area contributed by atoms with Gasteiger partial charge in [-0.15, -0.1) is 0 Å². The summed E-state index contributed by atoms with van der Waals surface area (Å²) in [7, 11) is 1.54. The first-order valence-electron chi connectivity index (χ1n) is 7.33. The smallest absolute Gasteiger partial charge is 0.248 e. The van der Waals surface area contributed by atoms with E-state index in [4.69, 9.17) is 4.74 Å². The third-order valence-electron chi connectivity index (χ3n) is 3.87. The van der Waals surface area contributed by atoms with Crippen LogP contribution in [-0.4, -0.2) is 57.8 Å². The number of H-pyrrole nitrogens is 1. The van der Waals surface area contributed by atoms with Crippen molar-refractivity contribution in [2.45, 2.75) is 12.8 Å². The molecule has 7 nitrogen and oxygen atoms in total. The minimum atomic E-state index is 0.0577. The summed E-state index contributed by atoms with van der Waals surface area (Å²) in [6.07, 6.45) is 7.02. The van der Waals surface area contributed by atoms with Crippen LogP contribution in [0.2, 0.25) is 0 Å². The molecule has 1 N–H and O–H groups in total. The van der Waals surface area contributed by atoms with Crippen LogP contribution < -0.4 is 0 Å². The number of amides is 1. The van der Waals surface area contributed by atoms with Crippen molar-refractivity contribution in [2.24, 2.45) is 5.92 Å². The van der Waals surface area contributed by atoms with Crippen molar-refractivity contribution < 1.29 is 9.53 Å². The number of hydrogen-bond acceptors (Lipinski definition) is 5. The first kappa shape index (κ1) is 14.6. The zero-order valence-corrected chi connectivity index (χ0v) is 12.5. The average Bonchev–Trinajstić information content (AvgIpc) is 3.19. The lowest BCUT2D eigenvalue weighted by Crippen LogP contribution is -2.31. The summed E-state index contributed by atoms with van der Waals surface area (Å²) in [6, 6.07) is 1.87. The number of carbonyl (C=O) groups excluding carboxylic acids is 1. The normalized spacial score (nSPS) is 17.9. The fourth-order valence-corrected chi connectivity index (χ4v) is 2.77. The Labute approximate surface area is 128 Å². The van der Waals surface area contributed by atoms with Gasteiger partial charge in [0.05, 0.1) is 17.6 Å². The molecule has 1 atom stereocenters. The van der Waals surface area contributed by atoms with Gasteiger partial charge in [0.15, 0.2) is 0 Å². The number of nitrogens with one attached hydrogen (secondary N) is 1. The molecule has 3 heterocycles. The van der Waals surface area contributed by atoms with Gasteiger partial charge in [0, 0.05) is 32.6 Å². The second-order valence-electron chi connectivity index (χ2n) is 5.50. The molecule has 0 aliphatic carbocycles. The first-order valence-corrected chi connectivity index (χ1v) is 7.33. The van der Waals surface area contributed by atoms with Crippen LogP contribution >= 0.6 is 0 Å². The van der Waals surface area contributed by atoms with Gasteiger partial charge in [0.1, 0.15) is 12.3 Å². The number of nitrogens with zero attached hydrogens (tertiary/aromatic N) is 4. The molecule has 1 amide bonds. The molecule has 22 heavy (non-hydrogen) atoms. The Morgan fingerprint density at radius 2 is 2.41 bits per heavy atom. The quantitative estimate of drug-likeness (QED) is 0.887. The molecule has 0 unspecified atom stereocenters. The van der Waals surface area contributed by atoms with E-state index in [1.54, 1.807) is 25.7 Å². The molecule has 1 saturated heterocycles. The summed E-state index contributed by atoms with van der Waals surface area (Å²) >= 11 is 0. The number of methoxy groups -OCH3 is 1. The predicted octanol–water partition coefficient (Wildman–Crippen LogP) is 0.904. The van der Waals surface area contributed by atoms with E-state index >= 15 is 0 Å². The molecule has 0 radical (unpaired) electrons. The fourth-order valence-electron chi connectivity index (χ4n) is 2.77. The summed E-state index contributed by atoms with van der Waals surface area (Å²) in [5.74, 6) is 0.481. The number of aromatic nitrogens is 4. The third-order valence-corrected chi connectivity index (χ3v) is 3.87. The van der Waals surface area contributed by atoms with Gasteiger partial charge in [0.2, 0.25) is 5.91 Å². The summed E-state index contributed by atoms with van der Waals surface area (Å²) < 4.78 is 4.90. The maximum atomic E-state index is 11.8. The fraction of sp³-hybridized carbons (Fsp3) is 0.467. The van der Waals surface area contributed by atoms with E-state index in [2.05, 4.69) is 20.2 Å². The maximum absolute atomic E-state index is 11.8. The largest absolute Gasteiger partial charge is 0.375 e. The predicted molar refractivity (Wildman–Crippen MR) is 79.9 cm³/mol. The maximum Gasteiger partial charge on any atom is 0.248 e. The first-order chi connectivity index (χ1) is 10.8. The van der Waals surface area contributed by atoms with E-state index < -0.39 is 0 Å². The van der Waals surface area contributed by atoms with Crippen LogP contribution in [-0.2, 0) is 16.0 Å². The van der Waals surface area contributed by atoms with E-state index in [0.29, 0.717) is 5.92 Å². The van der Waals surface area contributed by atoms with Crippen molar-refractivity contribution in [3.63, 3.8) is 0 Å². The van der Waals surface area contributed by atoms with E-state index in [9.17, 15) is 4.79 Å². The Hall–Kier alpha value is -2.28. The van der Waals surface area contributed by atoms with Crippen molar-refractivity contribution >= 4 is 5.91 Å². The van der Waals surface area contributed by atoms with Gasteiger partial charge < -0.3 is 9.64 Å². The van der Waals surface area contributed by atoms with E-state index in [0.717, 1.165) is 43.0 Å². The van der Waals surface area contributed by atoms with Crippen LogP contribution in [0, 0.1) is 5.92 Å². The number of carbonyl (C=O) groups is 1. The van der Waals surface area contributed by atoms with Crippen LogP contribution in [0.25, 0.3) is 11.4 Å². The molecule has 1 fully saturated rings.